The fourth-order valence-corrected chi connectivity index (χ4v) is 5.42. The molecule has 2 saturated carbocycles. The molecule has 0 bridgehead atoms. The monoisotopic (exact) mass is 289 g/mol. The van der Waals surface area contributed by atoms with Gasteiger partial charge in [-0.3, -0.25) is 0 Å². The maximum Gasteiger partial charge on any atom is 0.216 e. The zero-order chi connectivity index (χ0) is 13.7. The standard InChI is InChI=1S/C14H27NO3S/c16-11-12-19(17,18)15(13-7-3-1-4-8-13)14-9-5-2-6-10-14/h13-14,16H,1-12H2. The summed E-state index contributed by atoms with van der Waals surface area (Å²) in [5.74, 6) is -0.111. The minimum atomic E-state index is -3.29. The maximum absolute atomic E-state index is 12.5. The number of sulfonamides is 1. The molecule has 0 saturated heterocycles. The van der Waals surface area contributed by atoms with E-state index in [1.807, 2.05) is 4.31 Å². The molecule has 0 aliphatic heterocycles. The summed E-state index contributed by atoms with van der Waals surface area (Å²) in [5, 5.41) is 9.04. The van der Waals surface area contributed by atoms with E-state index < -0.39 is 10.0 Å². The van der Waals surface area contributed by atoms with Crippen LogP contribution in [-0.4, -0.2) is 42.3 Å². The molecule has 5 heteroatoms. The fraction of sp³-hybridized carbons (Fsp3) is 1.00. The second-order valence-electron chi connectivity index (χ2n) is 5.95. The van der Waals surface area contributed by atoms with E-state index in [9.17, 15) is 8.42 Å². The number of nitrogens with zero attached hydrogens (tertiary/aromatic N) is 1. The number of hydrogen-bond acceptors (Lipinski definition) is 3. The summed E-state index contributed by atoms with van der Waals surface area (Å²) in [6.07, 6.45) is 11.0. The molecule has 2 aliphatic carbocycles. The molecular weight excluding hydrogens is 262 g/mol. The van der Waals surface area contributed by atoms with Crippen molar-refractivity contribution in [3.05, 3.63) is 0 Å². The summed E-state index contributed by atoms with van der Waals surface area (Å²) in [4.78, 5) is 0. The van der Waals surface area contributed by atoms with E-state index in [-0.39, 0.29) is 24.4 Å². The lowest BCUT2D eigenvalue weighted by atomic mass is 9.91. The summed E-state index contributed by atoms with van der Waals surface area (Å²) in [6, 6.07) is 0.377. The van der Waals surface area contributed by atoms with Gasteiger partial charge in [-0.15, -0.1) is 0 Å². The molecule has 0 aromatic carbocycles. The van der Waals surface area contributed by atoms with Gasteiger partial charge in [-0.25, -0.2) is 8.42 Å². The Hall–Kier alpha value is -0.130. The van der Waals surface area contributed by atoms with Crippen molar-refractivity contribution in [2.75, 3.05) is 12.4 Å². The van der Waals surface area contributed by atoms with Gasteiger partial charge in [0.1, 0.15) is 0 Å². The van der Waals surface area contributed by atoms with Crippen LogP contribution in [0.4, 0.5) is 0 Å². The smallest absolute Gasteiger partial charge is 0.216 e. The van der Waals surface area contributed by atoms with Crippen LogP contribution in [0.2, 0.25) is 0 Å². The second kappa shape index (κ2) is 7.04. The Morgan fingerprint density at radius 2 is 1.26 bits per heavy atom. The summed E-state index contributed by atoms with van der Waals surface area (Å²) in [7, 11) is -3.29. The van der Waals surface area contributed by atoms with Crippen LogP contribution in [0.3, 0.4) is 0 Å². The minimum Gasteiger partial charge on any atom is -0.395 e. The van der Waals surface area contributed by atoms with Crippen molar-refractivity contribution in [3.63, 3.8) is 0 Å². The van der Waals surface area contributed by atoms with Crippen molar-refractivity contribution in [2.45, 2.75) is 76.3 Å². The van der Waals surface area contributed by atoms with Gasteiger partial charge in [0.25, 0.3) is 0 Å². The normalized spacial score (nSPS) is 23.9. The molecule has 0 radical (unpaired) electrons. The van der Waals surface area contributed by atoms with Crippen LogP contribution < -0.4 is 0 Å². The molecule has 0 heterocycles. The third-order valence-corrected chi connectivity index (χ3v) is 6.48. The Kier molecular flexibility index (Phi) is 5.66. The largest absolute Gasteiger partial charge is 0.395 e. The zero-order valence-electron chi connectivity index (χ0n) is 11.8. The van der Waals surface area contributed by atoms with Crippen LogP contribution in [0.15, 0.2) is 0 Å². The van der Waals surface area contributed by atoms with Crippen LogP contribution >= 0.6 is 0 Å². The summed E-state index contributed by atoms with van der Waals surface area (Å²) < 4.78 is 26.8. The predicted molar refractivity (Wildman–Crippen MR) is 76.5 cm³/mol. The van der Waals surface area contributed by atoms with Gasteiger partial charge < -0.3 is 5.11 Å². The maximum atomic E-state index is 12.5. The fourth-order valence-electron chi connectivity index (χ4n) is 3.64. The van der Waals surface area contributed by atoms with E-state index in [4.69, 9.17) is 5.11 Å². The summed E-state index contributed by atoms with van der Waals surface area (Å²) >= 11 is 0. The molecule has 4 nitrogen and oxygen atoms in total. The number of aliphatic hydroxyl groups is 1. The molecule has 2 fully saturated rings. The first-order valence-electron chi connectivity index (χ1n) is 7.77. The molecule has 2 aliphatic rings. The van der Waals surface area contributed by atoms with E-state index in [0.29, 0.717) is 0 Å². The molecule has 0 aromatic heterocycles. The van der Waals surface area contributed by atoms with Gasteiger partial charge in [-0.1, -0.05) is 38.5 Å². The van der Waals surface area contributed by atoms with E-state index in [1.165, 1.54) is 12.8 Å². The summed E-state index contributed by atoms with van der Waals surface area (Å²) in [6.45, 7) is -0.266. The molecule has 112 valence electrons. The van der Waals surface area contributed by atoms with E-state index in [0.717, 1.165) is 51.4 Å². The quantitative estimate of drug-likeness (QED) is 0.844. The number of aliphatic hydroxyl groups excluding tert-OH is 1. The van der Waals surface area contributed by atoms with Gasteiger partial charge in [0.2, 0.25) is 10.0 Å². The molecule has 1 N–H and O–H groups in total. The number of hydrogen-bond donors (Lipinski definition) is 1. The third-order valence-electron chi connectivity index (χ3n) is 4.54. The topological polar surface area (TPSA) is 57.6 Å². The lowest BCUT2D eigenvalue weighted by Crippen LogP contribution is -2.49. The Balaban J connectivity index is 2.15. The Bertz CT molecular complexity index is 339. The van der Waals surface area contributed by atoms with Gasteiger partial charge in [0, 0.05) is 12.1 Å². The predicted octanol–water partition coefficient (Wildman–Crippen LogP) is 2.28. The highest BCUT2D eigenvalue weighted by atomic mass is 32.2. The van der Waals surface area contributed by atoms with Gasteiger partial charge in [0.15, 0.2) is 0 Å². The Morgan fingerprint density at radius 1 is 0.842 bits per heavy atom. The highest BCUT2D eigenvalue weighted by Gasteiger charge is 2.36. The first kappa shape index (κ1) is 15.3. The molecule has 0 amide bonds. The van der Waals surface area contributed by atoms with Crippen molar-refractivity contribution in [1.82, 2.24) is 4.31 Å². The SMILES string of the molecule is O=S(=O)(CCO)N(C1CCCCC1)C1CCCCC1. The molecule has 19 heavy (non-hydrogen) atoms. The molecule has 0 atom stereocenters. The molecule has 0 aromatic rings. The van der Waals surface area contributed by atoms with Crippen molar-refractivity contribution >= 4 is 10.0 Å². The Morgan fingerprint density at radius 3 is 1.63 bits per heavy atom. The Labute approximate surface area is 117 Å². The molecule has 0 spiro atoms. The van der Waals surface area contributed by atoms with Crippen molar-refractivity contribution in [3.8, 4) is 0 Å². The second-order valence-corrected chi connectivity index (χ2v) is 7.95. The van der Waals surface area contributed by atoms with Crippen LogP contribution in [0, 0.1) is 0 Å². The third kappa shape index (κ3) is 3.92. The molecular formula is C14H27NO3S. The van der Waals surface area contributed by atoms with Crippen LogP contribution in [0.5, 0.6) is 0 Å². The van der Waals surface area contributed by atoms with Crippen LogP contribution in [0.1, 0.15) is 64.2 Å². The lowest BCUT2D eigenvalue weighted by Gasteiger charge is -2.40. The average Bonchev–Trinajstić information content (AvgIpc) is 2.41. The zero-order valence-corrected chi connectivity index (χ0v) is 12.6. The van der Waals surface area contributed by atoms with Gasteiger partial charge in [0.05, 0.1) is 12.4 Å². The van der Waals surface area contributed by atoms with Crippen molar-refractivity contribution < 1.29 is 13.5 Å². The van der Waals surface area contributed by atoms with E-state index in [2.05, 4.69) is 0 Å². The minimum absolute atomic E-state index is 0.111. The average molecular weight is 289 g/mol. The first-order chi connectivity index (χ1) is 9.15. The van der Waals surface area contributed by atoms with E-state index >= 15 is 0 Å². The highest BCUT2D eigenvalue weighted by molar-refractivity contribution is 7.89. The van der Waals surface area contributed by atoms with E-state index in [1.54, 1.807) is 0 Å². The van der Waals surface area contributed by atoms with Gasteiger partial charge in [-0.2, -0.15) is 4.31 Å². The summed E-state index contributed by atoms with van der Waals surface area (Å²) in [5.41, 5.74) is 0. The van der Waals surface area contributed by atoms with Crippen LogP contribution in [-0.2, 0) is 10.0 Å². The van der Waals surface area contributed by atoms with Crippen molar-refractivity contribution in [1.29, 1.82) is 0 Å². The first-order valence-corrected chi connectivity index (χ1v) is 9.38. The van der Waals surface area contributed by atoms with Gasteiger partial charge in [-0.05, 0) is 25.7 Å². The van der Waals surface area contributed by atoms with Crippen LogP contribution in [0.25, 0.3) is 0 Å². The van der Waals surface area contributed by atoms with Gasteiger partial charge >= 0.3 is 0 Å². The highest BCUT2D eigenvalue weighted by Crippen LogP contribution is 2.32. The molecule has 0 unspecified atom stereocenters. The molecule has 2 rings (SSSR count). The van der Waals surface area contributed by atoms with Crippen molar-refractivity contribution in [2.24, 2.45) is 0 Å². The number of rotatable bonds is 5. The lowest BCUT2D eigenvalue weighted by molar-refractivity contribution is 0.168.